The molecule has 1 aromatic heterocycles. The summed E-state index contributed by atoms with van der Waals surface area (Å²) in [5, 5.41) is 5.92. The second-order valence-electron chi connectivity index (χ2n) is 4.76. The van der Waals surface area contributed by atoms with Crippen LogP contribution in [0.3, 0.4) is 0 Å². The maximum Gasteiger partial charge on any atom is 0.231 e. The number of anilines is 1. The Kier molecular flexibility index (Phi) is 3.29. The van der Waals surface area contributed by atoms with Crippen LogP contribution in [0.2, 0.25) is 0 Å². The number of imidazole rings is 1. The van der Waals surface area contributed by atoms with Crippen molar-refractivity contribution in [3.8, 4) is 0 Å². The van der Waals surface area contributed by atoms with Crippen LogP contribution in [0, 0.1) is 5.92 Å². The summed E-state index contributed by atoms with van der Waals surface area (Å²) in [5.41, 5.74) is 1.21. The largest absolute Gasteiger partial charge is 0.331 e. The lowest BCUT2D eigenvalue weighted by Crippen LogP contribution is -2.48. The number of hydrogen-bond acceptors (Lipinski definition) is 3. The summed E-state index contributed by atoms with van der Waals surface area (Å²) in [4.78, 5) is 16.0. The van der Waals surface area contributed by atoms with Crippen molar-refractivity contribution in [2.75, 3.05) is 18.4 Å². The highest BCUT2D eigenvalue weighted by molar-refractivity contribution is 5.92. The molecule has 3 rings (SSSR count). The molecule has 0 bridgehead atoms. The summed E-state index contributed by atoms with van der Waals surface area (Å²) < 4.78 is 1.96. The zero-order valence-corrected chi connectivity index (χ0v) is 10.5. The molecule has 1 aromatic carbocycles. The molecule has 1 fully saturated rings. The number of benzene rings is 1. The second-order valence-corrected chi connectivity index (χ2v) is 4.76. The topological polar surface area (TPSA) is 59.0 Å². The van der Waals surface area contributed by atoms with Gasteiger partial charge in [0.25, 0.3) is 0 Å². The lowest BCUT2D eigenvalue weighted by molar-refractivity contribution is -0.121. The lowest BCUT2D eigenvalue weighted by Gasteiger charge is -2.25. The first-order valence-corrected chi connectivity index (χ1v) is 6.38. The van der Waals surface area contributed by atoms with Gasteiger partial charge in [-0.2, -0.15) is 0 Å². The predicted octanol–water partition coefficient (Wildman–Crippen LogP) is 1.09. The molecule has 0 atom stereocenters. The van der Waals surface area contributed by atoms with E-state index < -0.39 is 0 Å². The van der Waals surface area contributed by atoms with Crippen LogP contribution in [-0.2, 0) is 11.3 Å². The van der Waals surface area contributed by atoms with E-state index in [2.05, 4.69) is 27.8 Å². The standard InChI is InChI=1S/C14H16N4O/c19-14(12-6-15-7-12)17-13-9-18(10-16-13)8-11-4-2-1-3-5-11/h1-5,9-10,12,15H,6-8H2,(H,17,19). The number of rotatable bonds is 4. The third-order valence-electron chi connectivity index (χ3n) is 3.24. The summed E-state index contributed by atoms with van der Waals surface area (Å²) in [6, 6.07) is 10.2. The van der Waals surface area contributed by atoms with E-state index >= 15 is 0 Å². The predicted molar refractivity (Wildman–Crippen MR) is 72.8 cm³/mol. The normalized spacial score (nSPS) is 14.9. The van der Waals surface area contributed by atoms with E-state index in [1.54, 1.807) is 6.33 Å². The first-order valence-electron chi connectivity index (χ1n) is 6.38. The first-order chi connectivity index (χ1) is 9.31. The number of carbonyl (C=O) groups is 1. The van der Waals surface area contributed by atoms with Crippen molar-refractivity contribution in [1.82, 2.24) is 14.9 Å². The Morgan fingerprint density at radius 1 is 1.37 bits per heavy atom. The zero-order chi connectivity index (χ0) is 13.1. The minimum absolute atomic E-state index is 0.0451. The minimum atomic E-state index is 0.0451. The highest BCUT2D eigenvalue weighted by Crippen LogP contribution is 2.10. The third kappa shape index (κ3) is 2.82. The molecular weight excluding hydrogens is 240 g/mol. The summed E-state index contributed by atoms with van der Waals surface area (Å²) in [7, 11) is 0. The zero-order valence-electron chi connectivity index (χ0n) is 10.5. The quantitative estimate of drug-likeness (QED) is 0.861. The van der Waals surface area contributed by atoms with E-state index in [1.165, 1.54) is 5.56 Å². The Hall–Kier alpha value is -2.14. The summed E-state index contributed by atoms with van der Waals surface area (Å²) in [6.45, 7) is 2.28. The monoisotopic (exact) mass is 256 g/mol. The number of nitrogens with one attached hydrogen (secondary N) is 2. The highest BCUT2D eigenvalue weighted by atomic mass is 16.2. The van der Waals surface area contributed by atoms with E-state index in [4.69, 9.17) is 0 Å². The molecule has 2 heterocycles. The third-order valence-corrected chi connectivity index (χ3v) is 3.24. The molecule has 1 aliphatic heterocycles. The SMILES string of the molecule is O=C(Nc1cn(Cc2ccccc2)cn1)C1CNC1. The van der Waals surface area contributed by atoms with E-state index in [0.29, 0.717) is 5.82 Å². The van der Waals surface area contributed by atoms with Crippen molar-refractivity contribution in [2.45, 2.75) is 6.54 Å². The number of amides is 1. The Morgan fingerprint density at radius 3 is 2.84 bits per heavy atom. The van der Waals surface area contributed by atoms with E-state index in [0.717, 1.165) is 19.6 Å². The van der Waals surface area contributed by atoms with Crippen LogP contribution in [0.1, 0.15) is 5.56 Å². The van der Waals surface area contributed by atoms with Gasteiger partial charge in [-0.3, -0.25) is 4.79 Å². The maximum absolute atomic E-state index is 11.8. The Balaban J connectivity index is 1.61. The van der Waals surface area contributed by atoms with Crippen LogP contribution < -0.4 is 10.6 Å². The smallest absolute Gasteiger partial charge is 0.231 e. The summed E-state index contributed by atoms with van der Waals surface area (Å²) in [5.74, 6) is 0.746. The Morgan fingerprint density at radius 2 is 2.16 bits per heavy atom. The van der Waals surface area contributed by atoms with Crippen LogP contribution in [0.15, 0.2) is 42.9 Å². The van der Waals surface area contributed by atoms with Crippen LogP contribution in [0.5, 0.6) is 0 Å². The fraction of sp³-hybridized carbons (Fsp3) is 0.286. The molecule has 98 valence electrons. The van der Waals surface area contributed by atoms with Crippen molar-refractivity contribution in [3.63, 3.8) is 0 Å². The highest BCUT2D eigenvalue weighted by Gasteiger charge is 2.25. The van der Waals surface area contributed by atoms with Crippen molar-refractivity contribution in [1.29, 1.82) is 0 Å². The van der Waals surface area contributed by atoms with Gasteiger partial charge in [0, 0.05) is 25.8 Å². The summed E-state index contributed by atoms with van der Waals surface area (Å²) >= 11 is 0. The molecule has 0 saturated carbocycles. The number of nitrogens with zero attached hydrogens (tertiary/aromatic N) is 2. The van der Waals surface area contributed by atoms with Crippen molar-refractivity contribution in [2.24, 2.45) is 5.92 Å². The average molecular weight is 256 g/mol. The molecule has 0 radical (unpaired) electrons. The van der Waals surface area contributed by atoms with Gasteiger partial charge in [-0.1, -0.05) is 30.3 Å². The molecule has 5 heteroatoms. The molecule has 0 spiro atoms. The Labute approximate surface area is 111 Å². The molecule has 5 nitrogen and oxygen atoms in total. The van der Waals surface area contributed by atoms with Crippen LogP contribution >= 0.6 is 0 Å². The molecule has 1 saturated heterocycles. The van der Waals surface area contributed by atoms with Gasteiger partial charge in [-0.25, -0.2) is 4.98 Å². The van der Waals surface area contributed by atoms with Gasteiger partial charge in [-0.15, -0.1) is 0 Å². The molecule has 0 unspecified atom stereocenters. The molecule has 2 aromatic rings. The van der Waals surface area contributed by atoms with Gasteiger partial charge in [0.05, 0.1) is 12.2 Å². The van der Waals surface area contributed by atoms with Gasteiger partial charge >= 0.3 is 0 Å². The lowest BCUT2D eigenvalue weighted by atomic mass is 10.0. The van der Waals surface area contributed by atoms with E-state index in [9.17, 15) is 4.79 Å². The number of carbonyl (C=O) groups excluding carboxylic acids is 1. The van der Waals surface area contributed by atoms with Gasteiger partial charge in [-0.05, 0) is 5.56 Å². The second kappa shape index (κ2) is 5.24. The fourth-order valence-corrected chi connectivity index (χ4v) is 2.01. The molecule has 1 aliphatic rings. The molecule has 19 heavy (non-hydrogen) atoms. The van der Waals surface area contributed by atoms with Gasteiger partial charge in [0.2, 0.25) is 5.91 Å². The van der Waals surface area contributed by atoms with Crippen molar-refractivity contribution in [3.05, 3.63) is 48.4 Å². The van der Waals surface area contributed by atoms with Crippen molar-refractivity contribution >= 4 is 11.7 Å². The average Bonchev–Trinajstić information content (AvgIpc) is 2.75. The number of aromatic nitrogens is 2. The molecule has 0 aliphatic carbocycles. The molecular formula is C14H16N4O. The fourth-order valence-electron chi connectivity index (χ4n) is 2.01. The van der Waals surface area contributed by atoms with Crippen LogP contribution in [-0.4, -0.2) is 28.5 Å². The van der Waals surface area contributed by atoms with Gasteiger partial charge in [0.15, 0.2) is 5.82 Å². The molecule has 1 amide bonds. The van der Waals surface area contributed by atoms with E-state index in [-0.39, 0.29) is 11.8 Å². The van der Waals surface area contributed by atoms with Crippen LogP contribution in [0.4, 0.5) is 5.82 Å². The van der Waals surface area contributed by atoms with Gasteiger partial charge in [0.1, 0.15) is 0 Å². The summed E-state index contributed by atoms with van der Waals surface area (Å²) in [6.07, 6.45) is 3.60. The van der Waals surface area contributed by atoms with Gasteiger partial charge < -0.3 is 15.2 Å². The number of hydrogen-bond donors (Lipinski definition) is 2. The van der Waals surface area contributed by atoms with E-state index in [1.807, 2.05) is 29.0 Å². The molecule has 2 N–H and O–H groups in total. The Bertz CT molecular complexity index is 560. The maximum atomic E-state index is 11.8. The minimum Gasteiger partial charge on any atom is -0.331 e. The van der Waals surface area contributed by atoms with Crippen molar-refractivity contribution < 1.29 is 4.79 Å². The first kappa shape index (κ1) is 11.9. The van der Waals surface area contributed by atoms with Crippen LogP contribution in [0.25, 0.3) is 0 Å².